The van der Waals surface area contributed by atoms with Crippen molar-refractivity contribution in [2.75, 3.05) is 61.0 Å². The number of sulfone groups is 1. The van der Waals surface area contributed by atoms with Gasteiger partial charge in [-0.15, -0.1) is 0 Å². The van der Waals surface area contributed by atoms with E-state index in [1.807, 2.05) is 11.8 Å². The highest BCUT2D eigenvalue weighted by Crippen LogP contribution is 2.45. The maximum absolute atomic E-state index is 12.0. The standard InChI is InChI=1S/C27H38N6O3S/c1-18-14-21(20-4-8-33(9-5-20)27(3)6-7-28-16-27)15-22-24(18)36-19(2)23-25(31-22)29-17-30-26(23)32-10-12-37(34,35)13-11-32/h14-15,17,19-20,28H,4-13,16H2,1-3H3,(H,29,30,31)/t19-,27+/m1/s1. The van der Waals surface area contributed by atoms with Crippen LogP contribution in [-0.2, 0) is 9.84 Å². The third-order valence-electron chi connectivity index (χ3n) is 8.83. The van der Waals surface area contributed by atoms with E-state index >= 15 is 0 Å². The molecule has 0 saturated carbocycles. The van der Waals surface area contributed by atoms with Gasteiger partial charge in [-0.05, 0) is 82.8 Å². The van der Waals surface area contributed by atoms with E-state index in [-0.39, 0.29) is 17.6 Å². The lowest BCUT2D eigenvalue weighted by Gasteiger charge is -2.42. The molecule has 0 amide bonds. The van der Waals surface area contributed by atoms with Crippen molar-refractivity contribution in [3.8, 4) is 5.75 Å². The molecule has 3 saturated heterocycles. The van der Waals surface area contributed by atoms with Crippen molar-refractivity contribution in [3.05, 3.63) is 35.2 Å². The van der Waals surface area contributed by atoms with Crippen LogP contribution in [0.4, 0.5) is 17.3 Å². The summed E-state index contributed by atoms with van der Waals surface area (Å²) in [6.07, 6.45) is 4.84. The number of anilines is 3. The number of hydrogen-bond donors (Lipinski definition) is 2. The first-order chi connectivity index (χ1) is 17.7. The summed E-state index contributed by atoms with van der Waals surface area (Å²) in [5.74, 6) is 3.16. The molecule has 0 aliphatic carbocycles. The lowest BCUT2D eigenvalue weighted by molar-refractivity contribution is 0.0887. The third-order valence-corrected chi connectivity index (χ3v) is 10.4. The van der Waals surface area contributed by atoms with Gasteiger partial charge in [0.25, 0.3) is 0 Å². The van der Waals surface area contributed by atoms with Gasteiger partial charge in [0.05, 0.1) is 22.8 Å². The average molecular weight is 527 g/mol. The number of nitrogens with zero attached hydrogens (tertiary/aromatic N) is 4. The largest absolute Gasteiger partial charge is 0.483 e. The van der Waals surface area contributed by atoms with E-state index in [1.165, 1.54) is 12.0 Å². The number of likely N-dealkylation sites (tertiary alicyclic amines) is 1. The van der Waals surface area contributed by atoms with Gasteiger partial charge >= 0.3 is 0 Å². The van der Waals surface area contributed by atoms with Gasteiger partial charge in [0.2, 0.25) is 0 Å². The van der Waals surface area contributed by atoms with E-state index < -0.39 is 9.84 Å². The molecule has 9 nitrogen and oxygen atoms in total. The smallest absolute Gasteiger partial charge is 0.153 e. The molecule has 5 heterocycles. The molecule has 1 aromatic carbocycles. The Morgan fingerprint density at radius 2 is 1.86 bits per heavy atom. The van der Waals surface area contributed by atoms with Gasteiger partial charge < -0.3 is 20.3 Å². The second-order valence-corrected chi connectivity index (χ2v) is 13.7. The van der Waals surface area contributed by atoms with Gasteiger partial charge in [-0.3, -0.25) is 4.90 Å². The zero-order valence-electron chi connectivity index (χ0n) is 22.1. The molecule has 0 bridgehead atoms. The molecule has 2 atom stereocenters. The molecule has 3 fully saturated rings. The summed E-state index contributed by atoms with van der Waals surface area (Å²) in [6.45, 7) is 11.9. The fourth-order valence-electron chi connectivity index (χ4n) is 6.51. The van der Waals surface area contributed by atoms with Gasteiger partial charge in [-0.1, -0.05) is 6.07 Å². The summed E-state index contributed by atoms with van der Waals surface area (Å²) in [5.41, 5.74) is 4.59. The first-order valence-corrected chi connectivity index (χ1v) is 15.4. The molecule has 2 aromatic rings. The van der Waals surface area contributed by atoms with Crippen LogP contribution in [0, 0.1) is 6.92 Å². The van der Waals surface area contributed by atoms with Crippen molar-refractivity contribution in [1.82, 2.24) is 20.2 Å². The van der Waals surface area contributed by atoms with Crippen LogP contribution >= 0.6 is 0 Å². The SMILES string of the molecule is Cc1cc(C2CCN([C@@]3(C)CCNC3)CC2)cc2c1O[C@H](C)c1c(ncnc1N1CCS(=O)(=O)CC1)N2. The Morgan fingerprint density at radius 3 is 2.57 bits per heavy atom. The Balaban J connectivity index is 1.25. The van der Waals surface area contributed by atoms with Crippen LogP contribution in [0.5, 0.6) is 5.75 Å². The fourth-order valence-corrected chi connectivity index (χ4v) is 7.71. The number of hydrogen-bond acceptors (Lipinski definition) is 9. The second-order valence-electron chi connectivity index (χ2n) is 11.4. The molecule has 10 heteroatoms. The van der Waals surface area contributed by atoms with Crippen molar-refractivity contribution in [3.63, 3.8) is 0 Å². The number of rotatable bonds is 3. The highest BCUT2D eigenvalue weighted by Gasteiger charge is 2.37. The van der Waals surface area contributed by atoms with Crippen LogP contribution in [-0.4, -0.2) is 79.6 Å². The van der Waals surface area contributed by atoms with Gasteiger partial charge in [0.15, 0.2) is 9.84 Å². The fraction of sp³-hybridized carbons (Fsp3) is 0.630. The molecule has 37 heavy (non-hydrogen) atoms. The van der Waals surface area contributed by atoms with Gasteiger partial charge in [0, 0.05) is 25.2 Å². The number of ether oxygens (including phenoxy) is 1. The lowest BCUT2D eigenvalue weighted by Crippen LogP contribution is -2.51. The quantitative estimate of drug-likeness (QED) is 0.625. The summed E-state index contributed by atoms with van der Waals surface area (Å²) < 4.78 is 30.5. The number of nitrogens with one attached hydrogen (secondary N) is 2. The normalized spacial score (nSPS) is 28.1. The van der Waals surface area contributed by atoms with Crippen LogP contribution < -0.4 is 20.3 Å². The zero-order valence-corrected chi connectivity index (χ0v) is 22.9. The van der Waals surface area contributed by atoms with E-state index in [0.717, 1.165) is 73.2 Å². The maximum atomic E-state index is 12.0. The topological polar surface area (TPSA) is 99.7 Å². The van der Waals surface area contributed by atoms with E-state index in [4.69, 9.17) is 4.74 Å². The molecule has 6 rings (SSSR count). The predicted molar refractivity (Wildman–Crippen MR) is 146 cm³/mol. The predicted octanol–water partition coefficient (Wildman–Crippen LogP) is 3.15. The summed E-state index contributed by atoms with van der Waals surface area (Å²) in [6, 6.07) is 4.54. The Kier molecular flexibility index (Phi) is 6.32. The van der Waals surface area contributed by atoms with E-state index in [1.54, 1.807) is 6.33 Å². The van der Waals surface area contributed by atoms with Gasteiger partial charge in [0.1, 0.15) is 29.8 Å². The van der Waals surface area contributed by atoms with Crippen LogP contribution in [0.1, 0.15) is 61.8 Å². The van der Waals surface area contributed by atoms with Gasteiger partial charge in [-0.25, -0.2) is 18.4 Å². The molecule has 1 aromatic heterocycles. The van der Waals surface area contributed by atoms with Crippen molar-refractivity contribution in [1.29, 1.82) is 0 Å². The summed E-state index contributed by atoms with van der Waals surface area (Å²) >= 11 is 0. The lowest BCUT2D eigenvalue weighted by atomic mass is 9.85. The van der Waals surface area contributed by atoms with Crippen LogP contribution in [0.15, 0.2) is 18.5 Å². The van der Waals surface area contributed by atoms with Crippen LogP contribution in [0.2, 0.25) is 0 Å². The highest BCUT2D eigenvalue weighted by molar-refractivity contribution is 7.91. The van der Waals surface area contributed by atoms with Crippen molar-refractivity contribution in [2.45, 2.75) is 57.6 Å². The van der Waals surface area contributed by atoms with E-state index in [2.05, 4.69) is 51.5 Å². The second kappa shape index (κ2) is 9.39. The molecule has 200 valence electrons. The number of aromatic nitrogens is 2. The number of piperidine rings is 1. The number of aryl methyl sites for hydroxylation is 1. The number of fused-ring (bicyclic) bond motifs is 2. The Labute approximate surface area is 219 Å². The molecule has 0 spiro atoms. The van der Waals surface area contributed by atoms with Crippen molar-refractivity contribution >= 4 is 27.2 Å². The molecule has 4 aliphatic heterocycles. The molecule has 0 radical (unpaired) electrons. The van der Waals surface area contributed by atoms with Gasteiger partial charge in [-0.2, -0.15) is 0 Å². The minimum atomic E-state index is -2.98. The minimum absolute atomic E-state index is 0.144. The van der Waals surface area contributed by atoms with Crippen LogP contribution in [0.3, 0.4) is 0 Å². The zero-order chi connectivity index (χ0) is 25.8. The molecule has 4 aliphatic rings. The highest BCUT2D eigenvalue weighted by atomic mass is 32.2. The Hall–Kier alpha value is -2.43. The molecular formula is C27H38N6O3S. The van der Waals surface area contributed by atoms with Crippen LogP contribution in [0.25, 0.3) is 0 Å². The van der Waals surface area contributed by atoms with E-state index in [9.17, 15) is 8.42 Å². The Bertz CT molecular complexity index is 1270. The molecule has 0 unspecified atom stereocenters. The Morgan fingerprint density at radius 1 is 1.11 bits per heavy atom. The first kappa shape index (κ1) is 24.9. The summed E-state index contributed by atoms with van der Waals surface area (Å²) in [7, 11) is -2.98. The van der Waals surface area contributed by atoms with Crippen molar-refractivity contribution in [2.24, 2.45) is 0 Å². The molecule has 2 N–H and O–H groups in total. The minimum Gasteiger partial charge on any atom is -0.483 e. The van der Waals surface area contributed by atoms with E-state index in [0.29, 0.717) is 24.5 Å². The molecular weight excluding hydrogens is 488 g/mol. The average Bonchev–Trinajstić information content (AvgIpc) is 3.27. The third kappa shape index (κ3) is 4.68. The monoisotopic (exact) mass is 526 g/mol. The summed E-state index contributed by atoms with van der Waals surface area (Å²) in [5, 5.41) is 7.11. The maximum Gasteiger partial charge on any atom is 0.153 e. The summed E-state index contributed by atoms with van der Waals surface area (Å²) in [4.78, 5) is 13.9. The van der Waals surface area contributed by atoms with Crippen molar-refractivity contribution < 1.29 is 13.2 Å². The first-order valence-electron chi connectivity index (χ1n) is 13.6. The number of benzene rings is 1.